The van der Waals surface area contributed by atoms with Crippen LogP contribution in [-0.2, 0) is 14.3 Å². The molecular formula is C16H20N2O5. The second-order valence-corrected chi connectivity index (χ2v) is 5.01. The van der Waals surface area contributed by atoms with Crippen molar-refractivity contribution in [1.82, 2.24) is 10.6 Å². The lowest BCUT2D eigenvalue weighted by Gasteiger charge is -2.33. The normalized spacial score (nSPS) is 20.4. The first-order valence-corrected chi connectivity index (χ1v) is 7.12. The van der Waals surface area contributed by atoms with E-state index in [1.807, 2.05) is 0 Å². The van der Waals surface area contributed by atoms with E-state index in [1.165, 1.54) is 7.11 Å². The zero-order valence-electron chi connectivity index (χ0n) is 13.1. The maximum absolute atomic E-state index is 12.3. The highest BCUT2D eigenvalue weighted by Gasteiger charge is 2.38. The summed E-state index contributed by atoms with van der Waals surface area (Å²) in [5, 5.41) is 5.26. The predicted molar refractivity (Wildman–Crippen MR) is 82.9 cm³/mol. The summed E-state index contributed by atoms with van der Waals surface area (Å²) >= 11 is 0. The van der Waals surface area contributed by atoms with Gasteiger partial charge in [0, 0.05) is 12.8 Å². The van der Waals surface area contributed by atoms with Gasteiger partial charge in [0.25, 0.3) is 0 Å². The molecule has 1 aromatic carbocycles. The Labute approximate surface area is 134 Å². The van der Waals surface area contributed by atoms with Gasteiger partial charge in [-0.15, -0.1) is 0 Å². The topological polar surface area (TPSA) is 85.9 Å². The Hall–Kier alpha value is -2.54. The highest BCUT2D eigenvalue weighted by Crippen LogP contribution is 2.31. The summed E-state index contributed by atoms with van der Waals surface area (Å²) in [6.45, 7) is 4.22. The van der Waals surface area contributed by atoms with E-state index in [-0.39, 0.29) is 6.61 Å². The van der Waals surface area contributed by atoms with E-state index >= 15 is 0 Å². The number of esters is 1. The molecule has 1 aliphatic heterocycles. The maximum Gasteiger partial charge on any atom is 0.319 e. The Kier molecular flexibility index (Phi) is 5.59. The monoisotopic (exact) mass is 320 g/mol. The third-order valence-electron chi connectivity index (χ3n) is 3.53. The summed E-state index contributed by atoms with van der Waals surface area (Å²) in [6.07, 6.45) is 0. The minimum Gasteiger partial charge on any atom is -0.497 e. The minimum absolute atomic E-state index is 0.141. The predicted octanol–water partition coefficient (Wildman–Crippen LogP) is 1.37. The van der Waals surface area contributed by atoms with Gasteiger partial charge in [-0.1, -0.05) is 18.7 Å². The SMILES string of the molecule is C=C1NC(=O)N[C@H](c2ccc(OC)cc2)[C@H]1C(=O)OCCOC. The average molecular weight is 320 g/mol. The van der Waals surface area contributed by atoms with Gasteiger partial charge in [0.15, 0.2) is 0 Å². The summed E-state index contributed by atoms with van der Waals surface area (Å²) in [4.78, 5) is 24.1. The van der Waals surface area contributed by atoms with E-state index in [0.717, 1.165) is 5.56 Å². The number of nitrogens with one attached hydrogen (secondary N) is 2. The number of hydrogen-bond donors (Lipinski definition) is 2. The number of rotatable bonds is 6. The quantitative estimate of drug-likeness (QED) is 0.611. The summed E-state index contributed by atoms with van der Waals surface area (Å²) in [7, 11) is 3.09. The lowest BCUT2D eigenvalue weighted by atomic mass is 9.89. The number of urea groups is 1. The fourth-order valence-electron chi connectivity index (χ4n) is 2.37. The van der Waals surface area contributed by atoms with E-state index < -0.39 is 24.0 Å². The highest BCUT2D eigenvalue weighted by atomic mass is 16.6. The molecule has 0 bridgehead atoms. The van der Waals surface area contributed by atoms with E-state index in [9.17, 15) is 9.59 Å². The number of amides is 2. The molecule has 1 aromatic rings. The summed E-state index contributed by atoms with van der Waals surface area (Å²) in [6, 6.07) is 6.14. The molecule has 2 N–H and O–H groups in total. The van der Waals surface area contributed by atoms with Gasteiger partial charge in [0.1, 0.15) is 18.3 Å². The Morgan fingerprint density at radius 2 is 1.91 bits per heavy atom. The molecular weight excluding hydrogens is 300 g/mol. The first-order valence-electron chi connectivity index (χ1n) is 7.12. The Balaban J connectivity index is 2.21. The number of methoxy groups -OCH3 is 2. The molecule has 124 valence electrons. The largest absolute Gasteiger partial charge is 0.497 e. The molecule has 0 unspecified atom stereocenters. The van der Waals surface area contributed by atoms with Crippen molar-refractivity contribution in [3.05, 3.63) is 42.1 Å². The van der Waals surface area contributed by atoms with E-state index in [0.29, 0.717) is 18.1 Å². The van der Waals surface area contributed by atoms with Gasteiger partial charge in [0.2, 0.25) is 0 Å². The van der Waals surface area contributed by atoms with Crippen molar-refractivity contribution in [2.24, 2.45) is 5.92 Å². The molecule has 2 rings (SSSR count). The van der Waals surface area contributed by atoms with Gasteiger partial charge in [-0.25, -0.2) is 4.79 Å². The van der Waals surface area contributed by atoms with Crippen LogP contribution in [0.1, 0.15) is 11.6 Å². The molecule has 0 aromatic heterocycles. The third-order valence-corrected chi connectivity index (χ3v) is 3.53. The molecule has 1 aliphatic rings. The molecule has 23 heavy (non-hydrogen) atoms. The van der Waals surface area contributed by atoms with Crippen molar-refractivity contribution in [3.63, 3.8) is 0 Å². The second-order valence-electron chi connectivity index (χ2n) is 5.01. The number of carbonyl (C=O) groups excluding carboxylic acids is 2. The minimum atomic E-state index is -0.724. The van der Waals surface area contributed by atoms with Crippen LogP contribution in [0.15, 0.2) is 36.5 Å². The van der Waals surface area contributed by atoms with Crippen LogP contribution in [0.4, 0.5) is 4.79 Å². The molecule has 1 heterocycles. The average Bonchev–Trinajstić information content (AvgIpc) is 2.54. The van der Waals surface area contributed by atoms with Crippen LogP contribution in [0.3, 0.4) is 0 Å². The van der Waals surface area contributed by atoms with Crippen molar-refractivity contribution < 1.29 is 23.8 Å². The fraction of sp³-hybridized carbons (Fsp3) is 0.375. The number of ether oxygens (including phenoxy) is 3. The van der Waals surface area contributed by atoms with Gasteiger partial charge in [-0.05, 0) is 17.7 Å². The van der Waals surface area contributed by atoms with Gasteiger partial charge in [-0.2, -0.15) is 0 Å². The van der Waals surface area contributed by atoms with Gasteiger partial charge in [0.05, 0.1) is 19.8 Å². The van der Waals surface area contributed by atoms with Gasteiger partial charge in [-0.3, -0.25) is 4.79 Å². The smallest absolute Gasteiger partial charge is 0.319 e. The van der Waals surface area contributed by atoms with Crippen LogP contribution in [0, 0.1) is 5.92 Å². The van der Waals surface area contributed by atoms with E-state index in [2.05, 4.69) is 17.2 Å². The second kappa shape index (κ2) is 7.64. The van der Waals surface area contributed by atoms with Gasteiger partial charge < -0.3 is 24.8 Å². The van der Waals surface area contributed by atoms with Gasteiger partial charge >= 0.3 is 12.0 Å². The highest BCUT2D eigenvalue weighted by molar-refractivity contribution is 5.85. The molecule has 0 saturated carbocycles. The molecule has 1 saturated heterocycles. The number of benzene rings is 1. The number of hydrogen-bond acceptors (Lipinski definition) is 5. The molecule has 2 atom stereocenters. The van der Waals surface area contributed by atoms with E-state index in [4.69, 9.17) is 14.2 Å². The van der Waals surface area contributed by atoms with Crippen molar-refractivity contribution in [1.29, 1.82) is 0 Å². The van der Waals surface area contributed by atoms with E-state index in [1.54, 1.807) is 31.4 Å². The van der Waals surface area contributed by atoms with Crippen molar-refractivity contribution in [3.8, 4) is 5.75 Å². The van der Waals surface area contributed by atoms with Crippen molar-refractivity contribution in [2.75, 3.05) is 27.4 Å². The lowest BCUT2D eigenvalue weighted by molar-refractivity contribution is -0.149. The van der Waals surface area contributed by atoms with Crippen LogP contribution in [0.2, 0.25) is 0 Å². The molecule has 0 radical (unpaired) electrons. The molecule has 0 spiro atoms. The molecule has 7 nitrogen and oxygen atoms in total. The Morgan fingerprint density at radius 1 is 1.22 bits per heavy atom. The third kappa shape index (κ3) is 4.01. The summed E-state index contributed by atoms with van der Waals surface area (Å²) in [5.41, 5.74) is 1.06. The van der Waals surface area contributed by atoms with Crippen molar-refractivity contribution in [2.45, 2.75) is 6.04 Å². The maximum atomic E-state index is 12.3. The standard InChI is InChI=1S/C16H20N2O5/c1-10-13(15(19)23-9-8-21-2)14(18-16(20)17-10)11-4-6-12(22-3)7-5-11/h4-7,13-14H,1,8-9H2,2-3H3,(H2,17,18,20)/t13-,14+/m0/s1. The van der Waals surface area contributed by atoms with Crippen LogP contribution < -0.4 is 15.4 Å². The summed E-state index contributed by atoms with van der Waals surface area (Å²) < 4.78 is 15.2. The zero-order valence-corrected chi connectivity index (χ0v) is 13.1. The fourth-order valence-corrected chi connectivity index (χ4v) is 2.37. The molecule has 2 amide bonds. The van der Waals surface area contributed by atoms with Crippen LogP contribution in [0.25, 0.3) is 0 Å². The lowest BCUT2D eigenvalue weighted by Crippen LogP contribution is -2.51. The first-order chi connectivity index (χ1) is 11.1. The molecule has 0 aliphatic carbocycles. The zero-order chi connectivity index (χ0) is 16.8. The van der Waals surface area contributed by atoms with Crippen molar-refractivity contribution >= 4 is 12.0 Å². The number of carbonyl (C=O) groups is 2. The molecule has 7 heteroatoms. The first kappa shape index (κ1) is 16.8. The Bertz CT molecular complexity index is 585. The van der Waals surface area contributed by atoms with Crippen LogP contribution in [-0.4, -0.2) is 39.4 Å². The van der Waals surface area contributed by atoms with Crippen LogP contribution in [0.5, 0.6) is 5.75 Å². The summed E-state index contributed by atoms with van der Waals surface area (Å²) in [5.74, 6) is -0.509. The molecule has 1 fully saturated rings. The Morgan fingerprint density at radius 3 is 2.52 bits per heavy atom. The van der Waals surface area contributed by atoms with Crippen LogP contribution >= 0.6 is 0 Å².